The van der Waals surface area contributed by atoms with Crippen LogP contribution in [-0.2, 0) is 14.6 Å². The molecule has 0 aliphatic carbocycles. The summed E-state index contributed by atoms with van der Waals surface area (Å²) in [5.74, 6) is -0.528. The van der Waals surface area contributed by atoms with Gasteiger partial charge in [-0.05, 0) is 32.4 Å². The van der Waals surface area contributed by atoms with Crippen LogP contribution in [0.5, 0.6) is 0 Å². The molecule has 0 atom stereocenters. The topological polar surface area (TPSA) is 83.6 Å². The van der Waals surface area contributed by atoms with E-state index < -0.39 is 15.7 Å². The number of rotatable bonds is 8. The van der Waals surface area contributed by atoms with Crippen LogP contribution in [0.4, 0.5) is 0 Å². The van der Waals surface area contributed by atoms with Crippen molar-refractivity contribution in [3.05, 3.63) is 28.8 Å². The molecule has 0 saturated heterocycles. The minimum absolute atomic E-state index is 0.0313. The Balaban J connectivity index is 2.69. The highest BCUT2D eigenvalue weighted by atomic mass is 35.5. The molecule has 0 bridgehead atoms. The minimum atomic E-state index is -3.57. The maximum atomic E-state index is 12.3. The lowest BCUT2D eigenvalue weighted by Crippen LogP contribution is -2.32. The van der Waals surface area contributed by atoms with Crippen molar-refractivity contribution in [3.8, 4) is 0 Å². The Kier molecular flexibility index (Phi) is 7.69. The maximum Gasteiger partial charge on any atom is 0.254 e. The van der Waals surface area contributed by atoms with Crippen LogP contribution >= 0.6 is 11.6 Å². The highest BCUT2D eigenvalue weighted by molar-refractivity contribution is 7.90. The first kappa shape index (κ1) is 20.4. The standard InChI is InChI=1S/C16H23ClN2O4S/c1-4-19(5-2)14(20)10-7-11-18-16(21)15-12(17)8-6-9-13(15)24(3,22)23/h6,8-9H,4-5,7,10-11H2,1-3H3,(H,18,21). The van der Waals surface area contributed by atoms with E-state index in [1.54, 1.807) is 4.90 Å². The fraction of sp³-hybridized carbons (Fsp3) is 0.500. The van der Waals surface area contributed by atoms with Crippen molar-refractivity contribution in [2.75, 3.05) is 25.9 Å². The summed E-state index contributed by atoms with van der Waals surface area (Å²) in [6.07, 6.45) is 1.82. The largest absolute Gasteiger partial charge is 0.352 e. The van der Waals surface area contributed by atoms with Crippen LogP contribution < -0.4 is 5.32 Å². The SMILES string of the molecule is CCN(CC)C(=O)CCCNC(=O)c1c(Cl)cccc1S(C)(=O)=O. The molecule has 0 aromatic heterocycles. The van der Waals surface area contributed by atoms with Crippen LogP contribution in [0.15, 0.2) is 23.1 Å². The van der Waals surface area contributed by atoms with Gasteiger partial charge in [0.05, 0.1) is 15.5 Å². The van der Waals surface area contributed by atoms with Gasteiger partial charge in [-0.3, -0.25) is 9.59 Å². The van der Waals surface area contributed by atoms with Crippen molar-refractivity contribution in [3.63, 3.8) is 0 Å². The number of halogens is 1. The molecule has 134 valence electrons. The maximum absolute atomic E-state index is 12.3. The Morgan fingerprint density at radius 3 is 2.38 bits per heavy atom. The van der Waals surface area contributed by atoms with Gasteiger partial charge in [0.25, 0.3) is 5.91 Å². The molecular weight excluding hydrogens is 352 g/mol. The van der Waals surface area contributed by atoms with Gasteiger partial charge in [0, 0.05) is 32.3 Å². The monoisotopic (exact) mass is 374 g/mol. The highest BCUT2D eigenvalue weighted by Gasteiger charge is 2.21. The molecule has 1 aromatic rings. The van der Waals surface area contributed by atoms with E-state index in [0.717, 1.165) is 6.26 Å². The van der Waals surface area contributed by atoms with Gasteiger partial charge in [-0.2, -0.15) is 0 Å². The molecule has 2 amide bonds. The van der Waals surface area contributed by atoms with Crippen molar-refractivity contribution < 1.29 is 18.0 Å². The second kappa shape index (κ2) is 9.03. The van der Waals surface area contributed by atoms with Crippen molar-refractivity contribution in [2.24, 2.45) is 0 Å². The fourth-order valence-corrected chi connectivity index (χ4v) is 3.51. The summed E-state index contributed by atoms with van der Waals surface area (Å²) in [6.45, 7) is 5.39. The third kappa shape index (κ3) is 5.49. The van der Waals surface area contributed by atoms with Crippen LogP contribution in [0.25, 0.3) is 0 Å². The molecule has 0 saturated carbocycles. The van der Waals surface area contributed by atoms with Crippen LogP contribution in [-0.4, -0.2) is 51.0 Å². The molecule has 0 unspecified atom stereocenters. The van der Waals surface area contributed by atoms with Crippen molar-refractivity contribution in [2.45, 2.75) is 31.6 Å². The van der Waals surface area contributed by atoms with Crippen molar-refractivity contribution >= 4 is 33.3 Å². The number of benzene rings is 1. The first-order valence-electron chi connectivity index (χ1n) is 7.76. The summed E-state index contributed by atoms with van der Waals surface area (Å²) >= 11 is 5.99. The molecule has 24 heavy (non-hydrogen) atoms. The zero-order valence-electron chi connectivity index (χ0n) is 14.1. The average Bonchev–Trinajstić information content (AvgIpc) is 2.51. The molecule has 0 spiro atoms. The van der Waals surface area contributed by atoms with Crippen LogP contribution in [0.3, 0.4) is 0 Å². The van der Waals surface area contributed by atoms with Gasteiger partial charge in [-0.15, -0.1) is 0 Å². The van der Waals surface area contributed by atoms with Crippen molar-refractivity contribution in [1.82, 2.24) is 10.2 Å². The molecule has 8 heteroatoms. The normalized spacial score (nSPS) is 11.2. The summed E-state index contributed by atoms with van der Waals surface area (Å²) in [6, 6.07) is 4.30. The summed E-state index contributed by atoms with van der Waals surface area (Å²) < 4.78 is 23.6. The quantitative estimate of drug-likeness (QED) is 0.706. The zero-order chi connectivity index (χ0) is 18.3. The minimum Gasteiger partial charge on any atom is -0.352 e. The Morgan fingerprint density at radius 2 is 1.83 bits per heavy atom. The Bertz CT molecular complexity index is 700. The number of carbonyl (C=O) groups excluding carboxylic acids is 2. The van der Waals surface area contributed by atoms with Gasteiger partial charge in [0.15, 0.2) is 9.84 Å². The van der Waals surface area contributed by atoms with Gasteiger partial charge < -0.3 is 10.2 Å². The second-order valence-corrected chi connectivity index (χ2v) is 7.70. The first-order chi connectivity index (χ1) is 11.2. The van der Waals surface area contributed by atoms with E-state index in [9.17, 15) is 18.0 Å². The molecule has 1 rings (SSSR count). The van der Waals surface area contributed by atoms with E-state index in [4.69, 9.17) is 11.6 Å². The lowest BCUT2D eigenvalue weighted by molar-refractivity contribution is -0.130. The molecule has 0 aliphatic heterocycles. The zero-order valence-corrected chi connectivity index (χ0v) is 15.7. The van der Waals surface area contributed by atoms with E-state index >= 15 is 0 Å². The van der Waals surface area contributed by atoms with E-state index in [0.29, 0.717) is 25.9 Å². The number of hydrogen-bond donors (Lipinski definition) is 1. The van der Waals surface area contributed by atoms with E-state index in [1.165, 1.54) is 18.2 Å². The second-order valence-electron chi connectivity index (χ2n) is 5.31. The Hall–Kier alpha value is -1.60. The van der Waals surface area contributed by atoms with Crippen LogP contribution in [0.2, 0.25) is 5.02 Å². The van der Waals surface area contributed by atoms with Gasteiger partial charge in [-0.1, -0.05) is 17.7 Å². The Morgan fingerprint density at radius 1 is 1.21 bits per heavy atom. The Labute approximate surface area is 148 Å². The molecule has 0 aliphatic rings. The smallest absolute Gasteiger partial charge is 0.254 e. The van der Waals surface area contributed by atoms with E-state index in [1.807, 2.05) is 13.8 Å². The van der Waals surface area contributed by atoms with Crippen LogP contribution in [0, 0.1) is 0 Å². The van der Waals surface area contributed by atoms with Crippen molar-refractivity contribution in [1.29, 1.82) is 0 Å². The molecule has 6 nitrogen and oxygen atoms in total. The number of nitrogens with one attached hydrogen (secondary N) is 1. The molecule has 1 aromatic carbocycles. The summed E-state index contributed by atoms with van der Waals surface area (Å²) in [5, 5.41) is 2.70. The van der Waals surface area contributed by atoms with Gasteiger partial charge in [0.1, 0.15) is 0 Å². The van der Waals surface area contributed by atoms with Gasteiger partial charge in [-0.25, -0.2) is 8.42 Å². The number of carbonyl (C=O) groups is 2. The van der Waals surface area contributed by atoms with Gasteiger partial charge in [0.2, 0.25) is 5.91 Å². The summed E-state index contributed by atoms with van der Waals surface area (Å²) in [7, 11) is -3.57. The highest BCUT2D eigenvalue weighted by Crippen LogP contribution is 2.23. The molecular formula is C16H23ClN2O4S. The summed E-state index contributed by atoms with van der Waals surface area (Å²) in [5.41, 5.74) is -0.0586. The molecule has 0 heterocycles. The average molecular weight is 375 g/mol. The molecule has 0 fully saturated rings. The lowest BCUT2D eigenvalue weighted by atomic mass is 10.2. The van der Waals surface area contributed by atoms with Gasteiger partial charge >= 0.3 is 0 Å². The third-order valence-electron chi connectivity index (χ3n) is 3.57. The predicted molar refractivity (Wildman–Crippen MR) is 94.1 cm³/mol. The number of amides is 2. The molecule has 0 radical (unpaired) electrons. The third-order valence-corrected chi connectivity index (χ3v) is 5.03. The molecule has 1 N–H and O–H groups in total. The lowest BCUT2D eigenvalue weighted by Gasteiger charge is -2.18. The fourth-order valence-electron chi connectivity index (χ4n) is 2.30. The van der Waals surface area contributed by atoms with E-state index in [-0.39, 0.29) is 27.9 Å². The number of nitrogens with zero attached hydrogens (tertiary/aromatic N) is 1. The summed E-state index contributed by atoms with van der Waals surface area (Å²) in [4.78, 5) is 25.8. The predicted octanol–water partition coefficient (Wildman–Crippen LogP) is 2.12. The number of hydrogen-bond acceptors (Lipinski definition) is 4. The van der Waals surface area contributed by atoms with E-state index in [2.05, 4.69) is 5.32 Å². The number of sulfone groups is 1. The first-order valence-corrected chi connectivity index (χ1v) is 10.0. The van der Waals surface area contributed by atoms with Crippen LogP contribution in [0.1, 0.15) is 37.0 Å².